The number of nitrogens with one attached hydrogen (secondary N) is 1. The van der Waals surface area contributed by atoms with Gasteiger partial charge in [-0.15, -0.1) is 0 Å². The van der Waals surface area contributed by atoms with Crippen molar-refractivity contribution in [2.45, 2.75) is 37.0 Å². The van der Waals surface area contributed by atoms with Crippen LogP contribution in [-0.2, 0) is 35.0 Å². The zero-order valence-electron chi connectivity index (χ0n) is 18.4. The fraction of sp³-hybridized carbons (Fsp3) is 0.600. The van der Waals surface area contributed by atoms with E-state index in [0.717, 1.165) is 16.9 Å². The Morgan fingerprint density at radius 2 is 1.84 bits per heavy atom. The molecule has 0 saturated carbocycles. The van der Waals surface area contributed by atoms with Gasteiger partial charge in [-0.3, -0.25) is 4.55 Å². The van der Waals surface area contributed by atoms with E-state index in [1.54, 1.807) is 25.3 Å². The third-order valence-corrected chi connectivity index (χ3v) is 7.75. The molecule has 1 heterocycles. The normalized spacial score (nSPS) is 20.4. The summed E-state index contributed by atoms with van der Waals surface area (Å²) >= 11 is 0. The zero-order chi connectivity index (χ0) is 23.3. The number of ether oxygens (including phenoxy) is 2. The summed E-state index contributed by atoms with van der Waals surface area (Å²) in [6.45, 7) is 5.30. The number of hydrogen-bond donors (Lipinski definition) is 2. The molecule has 1 aromatic carbocycles. The average Bonchev–Trinajstić information content (AvgIpc) is 2.92. The molecule has 0 spiro atoms. The first kappa shape index (κ1) is 25.8. The lowest BCUT2D eigenvalue weighted by Crippen LogP contribution is -2.31. The molecular weight excluding hydrogens is 444 g/mol. The third-order valence-electron chi connectivity index (χ3n) is 5.49. The van der Waals surface area contributed by atoms with Gasteiger partial charge in [0.2, 0.25) is 10.0 Å². The van der Waals surface area contributed by atoms with Crippen molar-refractivity contribution in [1.29, 1.82) is 0 Å². The molecule has 176 valence electrons. The average molecular weight is 477 g/mol. The second-order valence-electron chi connectivity index (χ2n) is 7.61. The fourth-order valence-corrected chi connectivity index (χ4v) is 5.60. The molecule has 1 atom stereocenters. The van der Waals surface area contributed by atoms with Crippen molar-refractivity contribution in [2.24, 2.45) is 0 Å². The van der Waals surface area contributed by atoms with Crippen molar-refractivity contribution in [3.05, 3.63) is 35.5 Å². The van der Waals surface area contributed by atoms with E-state index in [9.17, 15) is 16.8 Å². The summed E-state index contributed by atoms with van der Waals surface area (Å²) in [5.74, 6) is -0.358. The molecule has 31 heavy (non-hydrogen) atoms. The van der Waals surface area contributed by atoms with Crippen LogP contribution in [0.4, 0.5) is 5.69 Å². The summed E-state index contributed by atoms with van der Waals surface area (Å²) in [6, 6.07) is 4.98. The molecule has 0 fully saturated rings. The third kappa shape index (κ3) is 6.05. The smallest absolute Gasteiger partial charge is 0.264 e. The molecule has 0 amide bonds. The lowest BCUT2D eigenvalue weighted by Gasteiger charge is -2.30. The molecule has 0 aliphatic carbocycles. The van der Waals surface area contributed by atoms with Crippen molar-refractivity contribution >= 4 is 25.8 Å². The molecule has 2 rings (SSSR count). The van der Waals surface area contributed by atoms with Gasteiger partial charge in [-0.1, -0.05) is 6.08 Å². The lowest BCUT2D eigenvalue weighted by molar-refractivity contribution is 0.204. The summed E-state index contributed by atoms with van der Waals surface area (Å²) in [4.78, 5) is 2.20. The quantitative estimate of drug-likeness (QED) is 0.346. The Kier molecular flexibility index (Phi) is 8.65. The molecular formula is C20H32N2O7S2. The van der Waals surface area contributed by atoms with Gasteiger partial charge in [0.25, 0.3) is 10.1 Å². The highest BCUT2D eigenvalue weighted by atomic mass is 32.2. The molecule has 1 aliphatic rings. The largest absolute Gasteiger partial charge is 0.383 e. The summed E-state index contributed by atoms with van der Waals surface area (Å²) in [5, 5.41) is 0. The van der Waals surface area contributed by atoms with Crippen LogP contribution in [0.25, 0.3) is 0 Å². The molecule has 0 aromatic heterocycles. The summed E-state index contributed by atoms with van der Waals surface area (Å²) in [6.07, 6.45) is 2.60. The SMILES string of the molecule is C/C=C1/N(CCOC)c2ccc(S(=O)(=O)NCCOC)cc2C1(C)CCCS(=O)(=O)O. The van der Waals surface area contributed by atoms with Gasteiger partial charge in [0.05, 0.1) is 23.9 Å². The van der Waals surface area contributed by atoms with Crippen LogP contribution in [-0.4, -0.2) is 67.7 Å². The van der Waals surface area contributed by atoms with Crippen molar-refractivity contribution in [3.63, 3.8) is 0 Å². The van der Waals surface area contributed by atoms with Crippen LogP contribution in [0.2, 0.25) is 0 Å². The number of nitrogens with zero attached hydrogens (tertiary/aromatic N) is 1. The molecule has 0 radical (unpaired) electrons. The van der Waals surface area contributed by atoms with E-state index >= 15 is 0 Å². The topological polar surface area (TPSA) is 122 Å². The van der Waals surface area contributed by atoms with E-state index in [1.807, 2.05) is 19.9 Å². The van der Waals surface area contributed by atoms with Gasteiger partial charge in [0, 0.05) is 44.1 Å². The Morgan fingerprint density at radius 1 is 1.16 bits per heavy atom. The summed E-state index contributed by atoms with van der Waals surface area (Å²) in [7, 11) is -4.72. The maximum Gasteiger partial charge on any atom is 0.264 e. The molecule has 11 heteroatoms. The van der Waals surface area contributed by atoms with Gasteiger partial charge in [-0.2, -0.15) is 8.42 Å². The number of hydrogen-bond acceptors (Lipinski definition) is 7. The zero-order valence-corrected chi connectivity index (χ0v) is 20.1. The second kappa shape index (κ2) is 10.4. The number of rotatable bonds is 12. The van der Waals surface area contributed by atoms with Crippen LogP contribution in [0, 0.1) is 0 Å². The maximum atomic E-state index is 12.7. The Bertz CT molecular complexity index is 1010. The number of benzene rings is 1. The monoisotopic (exact) mass is 476 g/mol. The number of allylic oxidation sites excluding steroid dienone is 2. The van der Waals surface area contributed by atoms with Crippen LogP contribution in [0.3, 0.4) is 0 Å². The fourth-order valence-electron chi connectivity index (χ4n) is 4.06. The number of sulfonamides is 1. The summed E-state index contributed by atoms with van der Waals surface area (Å²) in [5.41, 5.74) is 1.97. The van der Waals surface area contributed by atoms with Crippen LogP contribution >= 0.6 is 0 Å². The van der Waals surface area contributed by atoms with Crippen molar-refractivity contribution in [1.82, 2.24) is 4.72 Å². The van der Waals surface area contributed by atoms with E-state index in [4.69, 9.17) is 14.0 Å². The molecule has 2 N–H and O–H groups in total. The van der Waals surface area contributed by atoms with Crippen LogP contribution in [0.5, 0.6) is 0 Å². The molecule has 0 bridgehead atoms. The number of fused-ring (bicyclic) bond motifs is 1. The lowest BCUT2D eigenvalue weighted by atomic mass is 9.78. The van der Waals surface area contributed by atoms with Crippen LogP contribution in [0.1, 0.15) is 32.3 Å². The van der Waals surface area contributed by atoms with Crippen molar-refractivity contribution in [3.8, 4) is 0 Å². The van der Waals surface area contributed by atoms with E-state index in [-0.39, 0.29) is 30.2 Å². The van der Waals surface area contributed by atoms with Gasteiger partial charge >= 0.3 is 0 Å². The minimum Gasteiger partial charge on any atom is -0.383 e. The van der Waals surface area contributed by atoms with Crippen LogP contribution in [0.15, 0.2) is 34.9 Å². The molecule has 1 aromatic rings. The highest BCUT2D eigenvalue weighted by molar-refractivity contribution is 7.89. The van der Waals surface area contributed by atoms with Gasteiger partial charge in [0.1, 0.15) is 0 Å². The highest BCUT2D eigenvalue weighted by Gasteiger charge is 2.43. The molecule has 0 saturated heterocycles. The van der Waals surface area contributed by atoms with E-state index < -0.39 is 25.6 Å². The Balaban J connectivity index is 2.49. The van der Waals surface area contributed by atoms with Gasteiger partial charge in [-0.05, 0) is 50.5 Å². The predicted molar refractivity (Wildman–Crippen MR) is 119 cm³/mol. The summed E-state index contributed by atoms with van der Waals surface area (Å²) < 4.78 is 69.8. The van der Waals surface area contributed by atoms with Crippen LogP contribution < -0.4 is 9.62 Å². The maximum absolute atomic E-state index is 12.7. The van der Waals surface area contributed by atoms with E-state index in [0.29, 0.717) is 19.6 Å². The molecule has 9 nitrogen and oxygen atoms in total. The van der Waals surface area contributed by atoms with Gasteiger partial charge in [0.15, 0.2) is 0 Å². The molecule has 1 aliphatic heterocycles. The second-order valence-corrected chi connectivity index (χ2v) is 10.9. The minimum atomic E-state index is -4.09. The minimum absolute atomic E-state index is 0.132. The van der Waals surface area contributed by atoms with Crippen molar-refractivity contribution < 1.29 is 30.9 Å². The standard InChI is InChI=1S/C20H32N2O7S2/c1-5-19-20(2,9-6-14-30(23,24)25)17-15-16(31(26,27)21-10-12-28-3)7-8-18(17)22(19)11-13-29-4/h5,7-8,15,21H,6,9-14H2,1-4H3,(H,23,24,25)/b19-5+. The van der Waals surface area contributed by atoms with E-state index in [1.165, 1.54) is 7.11 Å². The van der Waals surface area contributed by atoms with E-state index in [2.05, 4.69) is 9.62 Å². The van der Waals surface area contributed by atoms with Gasteiger partial charge < -0.3 is 14.4 Å². The first-order valence-electron chi connectivity index (χ1n) is 10.0. The van der Waals surface area contributed by atoms with Gasteiger partial charge in [-0.25, -0.2) is 13.1 Å². The number of anilines is 1. The molecule has 1 unspecified atom stereocenters. The van der Waals surface area contributed by atoms with Crippen molar-refractivity contribution in [2.75, 3.05) is 51.2 Å². The Morgan fingerprint density at radius 3 is 2.42 bits per heavy atom. The Labute approximate surface area is 185 Å². The Hall–Kier alpha value is -1.50. The number of methoxy groups -OCH3 is 2. The highest BCUT2D eigenvalue weighted by Crippen LogP contribution is 2.51. The first-order valence-corrected chi connectivity index (χ1v) is 13.1. The predicted octanol–water partition coefficient (Wildman–Crippen LogP) is 1.91. The first-order chi connectivity index (χ1) is 14.5.